The van der Waals surface area contributed by atoms with Gasteiger partial charge in [-0.25, -0.2) is 9.90 Å². The SMILES string of the molecule is CCC(C)OC(=O)c1ccoc1[O]. The summed E-state index contributed by atoms with van der Waals surface area (Å²) in [4.78, 5) is 11.2. The second kappa shape index (κ2) is 3.98. The van der Waals surface area contributed by atoms with Crippen molar-refractivity contribution in [1.82, 2.24) is 0 Å². The van der Waals surface area contributed by atoms with Crippen molar-refractivity contribution in [2.75, 3.05) is 0 Å². The monoisotopic (exact) mass is 183 g/mol. The molecule has 0 aliphatic carbocycles. The van der Waals surface area contributed by atoms with E-state index in [1.54, 1.807) is 6.92 Å². The van der Waals surface area contributed by atoms with E-state index in [9.17, 15) is 9.90 Å². The van der Waals surface area contributed by atoms with Crippen molar-refractivity contribution in [1.29, 1.82) is 0 Å². The highest BCUT2D eigenvalue weighted by molar-refractivity contribution is 5.91. The van der Waals surface area contributed by atoms with E-state index in [0.717, 1.165) is 6.42 Å². The predicted octanol–water partition coefficient (Wildman–Crippen LogP) is 2.38. The summed E-state index contributed by atoms with van der Waals surface area (Å²) in [5, 5.41) is 10.9. The van der Waals surface area contributed by atoms with Gasteiger partial charge in [0.2, 0.25) is 0 Å². The second-order valence-electron chi connectivity index (χ2n) is 2.75. The van der Waals surface area contributed by atoms with Gasteiger partial charge in [0, 0.05) is 0 Å². The van der Waals surface area contributed by atoms with Gasteiger partial charge in [0.25, 0.3) is 0 Å². The number of hydrogen-bond acceptors (Lipinski definition) is 3. The lowest BCUT2D eigenvalue weighted by molar-refractivity contribution is 0.0326. The van der Waals surface area contributed by atoms with E-state index in [1.165, 1.54) is 12.3 Å². The summed E-state index contributed by atoms with van der Waals surface area (Å²) in [6, 6.07) is 1.31. The van der Waals surface area contributed by atoms with Gasteiger partial charge in [-0.2, -0.15) is 0 Å². The van der Waals surface area contributed by atoms with Crippen molar-refractivity contribution in [3.05, 3.63) is 17.9 Å². The number of rotatable bonds is 3. The van der Waals surface area contributed by atoms with E-state index in [-0.39, 0.29) is 11.7 Å². The minimum absolute atomic E-state index is 0.0414. The Bertz CT molecular complexity index is 290. The molecule has 1 atom stereocenters. The number of carbonyl (C=O) groups excluding carboxylic acids is 1. The number of hydrogen-bond donors (Lipinski definition) is 0. The molecule has 0 aromatic carbocycles. The fourth-order valence-electron chi connectivity index (χ4n) is 0.776. The van der Waals surface area contributed by atoms with Crippen LogP contribution in [0.25, 0.3) is 0 Å². The summed E-state index contributed by atoms with van der Waals surface area (Å²) in [5.41, 5.74) is -0.0414. The fraction of sp³-hybridized carbons (Fsp3) is 0.444. The van der Waals surface area contributed by atoms with Gasteiger partial charge in [-0.1, -0.05) is 6.92 Å². The first kappa shape index (κ1) is 9.64. The number of carbonyl (C=O) groups is 1. The molecule has 1 aromatic heterocycles. The molecule has 0 N–H and O–H groups in total. The van der Waals surface area contributed by atoms with Crippen LogP contribution in [-0.4, -0.2) is 12.1 Å². The number of ether oxygens (including phenoxy) is 1. The summed E-state index contributed by atoms with van der Waals surface area (Å²) >= 11 is 0. The predicted molar refractivity (Wildman–Crippen MR) is 44.0 cm³/mol. The molecule has 0 fully saturated rings. The molecule has 0 spiro atoms. The average molecular weight is 183 g/mol. The molecule has 13 heavy (non-hydrogen) atoms. The highest BCUT2D eigenvalue weighted by Gasteiger charge is 2.18. The summed E-state index contributed by atoms with van der Waals surface area (Å²) in [7, 11) is 0. The first-order valence-electron chi connectivity index (χ1n) is 4.10. The molecule has 1 heterocycles. The quantitative estimate of drug-likeness (QED) is 0.676. The van der Waals surface area contributed by atoms with Crippen molar-refractivity contribution in [2.45, 2.75) is 26.4 Å². The van der Waals surface area contributed by atoms with Crippen LogP contribution in [0.15, 0.2) is 16.7 Å². The van der Waals surface area contributed by atoms with Gasteiger partial charge in [-0.15, -0.1) is 0 Å². The second-order valence-corrected chi connectivity index (χ2v) is 2.75. The zero-order chi connectivity index (χ0) is 9.84. The van der Waals surface area contributed by atoms with E-state index in [1.807, 2.05) is 6.92 Å². The molecule has 1 radical (unpaired) electrons. The molecule has 0 amide bonds. The standard InChI is InChI=1S/C9H11O4/c1-3-6(2)13-9(11)7-4-5-12-8(7)10/h4-6H,3H2,1-2H3. The van der Waals surface area contributed by atoms with Crippen molar-refractivity contribution < 1.29 is 19.1 Å². The summed E-state index contributed by atoms with van der Waals surface area (Å²) in [6.45, 7) is 3.66. The van der Waals surface area contributed by atoms with Crippen molar-refractivity contribution in [3.8, 4) is 5.95 Å². The highest BCUT2D eigenvalue weighted by Crippen LogP contribution is 2.19. The highest BCUT2D eigenvalue weighted by atomic mass is 16.5. The van der Waals surface area contributed by atoms with Crippen molar-refractivity contribution in [3.63, 3.8) is 0 Å². The lowest BCUT2D eigenvalue weighted by Crippen LogP contribution is -2.13. The smallest absolute Gasteiger partial charge is 0.350 e. The number of furan rings is 1. The largest absolute Gasteiger partial charge is 0.459 e. The Labute approximate surface area is 76.1 Å². The topological polar surface area (TPSA) is 59.3 Å². The third kappa shape index (κ3) is 2.24. The van der Waals surface area contributed by atoms with E-state index in [0.29, 0.717) is 0 Å². The molecule has 4 nitrogen and oxygen atoms in total. The molecule has 4 heteroatoms. The molecule has 0 saturated heterocycles. The number of esters is 1. The molecule has 1 rings (SSSR count). The Balaban J connectivity index is 2.64. The van der Waals surface area contributed by atoms with Crippen molar-refractivity contribution >= 4 is 5.97 Å². The van der Waals surface area contributed by atoms with E-state index in [4.69, 9.17) is 4.74 Å². The van der Waals surface area contributed by atoms with Crippen LogP contribution in [0.4, 0.5) is 0 Å². The van der Waals surface area contributed by atoms with Gasteiger partial charge in [-0.05, 0) is 19.4 Å². The molecular weight excluding hydrogens is 172 g/mol. The van der Waals surface area contributed by atoms with E-state index < -0.39 is 11.9 Å². The van der Waals surface area contributed by atoms with Crippen LogP contribution in [0, 0.1) is 0 Å². The van der Waals surface area contributed by atoms with Gasteiger partial charge in [0.15, 0.2) is 0 Å². The van der Waals surface area contributed by atoms with Crippen LogP contribution in [0.5, 0.6) is 5.95 Å². The third-order valence-corrected chi connectivity index (χ3v) is 1.73. The van der Waals surface area contributed by atoms with E-state index >= 15 is 0 Å². The summed E-state index contributed by atoms with van der Waals surface area (Å²) in [5.74, 6) is -1.26. The minimum atomic E-state index is -0.645. The average Bonchev–Trinajstić information content (AvgIpc) is 2.51. The first-order chi connectivity index (χ1) is 6.15. The van der Waals surface area contributed by atoms with Gasteiger partial charge in [-0.3, -0.25) is 0 Å². The maximum Gasteiger partial charge on any atom is 0.350 e. The molecular formula is C9H11O4. The molecule has 0 aliphatic rings. The Morgan fingerprint density at radius 1 is 1.69 bits per heavy atom. The summed E-state index contributed by atoms with van der Waals surface area (Å²) in [6.07, 6.45) is 1.72. The fourth-order valence-corrected chi connectivity index (χ4v) is 0.776. The van der Waals surface area contributed by atoms with Crippen LogP contribution in [0.3, 0.4) is 0 Å². The van der Waals surface area contributed by atoms with Gasteiger partial charge < -0.3 is 9.15 Å². The Hall–Kier alpha value is -1.45. The zero-order valence-electron chi connectivity index (χ0n) is 7.57. The normalized spacial score (nSPS) is 12.5. The maximum atomic E-state index is 11.2. The van der Waals surface area contributed by atoms with Crippen molar-refractivity contribution in [2.24, 2.45) is 0 Å². The molecule has 1 aromatic rings. The van der Waals surface area contributed by atoms with Gasteiger partial charge in [0.1, 0.15) is 5.56 Å². The molecule has 0 aliphatic heterocycles. The summed E-state index contributed by atoms with van der Waals surface area (Å²) < 4.78 is 9.37. The van der Waals surface area contributed by atoms with E-state index in [2.05, 4.69) is 4.42 Å². The third-order valence-electron chi connectivity index (χ3n) is 1.73. The molecule has 71 valence electrons. The lowest BCUT2D eigenvalue weighted by Gasteiger charge is -2.08. The van der Waals surface area contributed by atoms with Gasteiger partial charge in [0.05, 0.1) is 12.4 Å². The Kier molecular flexibility index (Phi) is 2.95. The van der Waals surface area contributed by atoms with Crippen LogP contribution >= 0.6 is 0 Å². The zero-order valence-corrected chi connectivity index (χ0v) is 7.57. The molecule has 0 bridgehead atoms. The van der Waals surface area contributed by atoms with Crippen LogP contribution in [0.1, 0.15) is 30.6 Å². The lowest BCUT2D eigenvalue weighted by atomic mass is 10.3. The van der Waals surface area contributed by atoms with Crippen LogP contribution in [-0.2, 0) is 9.84 Å². The van der Waals surface area contributed by atoms with Crippen LogP contribution < -0.4 is 0 Å². The maximum absolute atomic E-state index is 11.2. The first-order valence-corrected chi connectivity index (χ1v) is 4.10. The van der Waals surface area contributed by atoms with Crippen LogP contribution in [0.2, 0.25) is 0 Å². The molecule has 0 saturated carbocycles. The Morgan fingerprint density at radius 2 is 2.38 bits per heavy atom. The van der Waals surface area contributed by atoms with Gasteiger partial charge >= 0.3 is 11.9 Å². The minimum Gasteiger partial charge on any atom is -0.459 e. The Morgan fingerprint density at radius 3 is 2.85 bits per heavy atom. The molecule has 1 unspecified atom stereocenters.